The minimum atomic E-state index is -4.88. The molecule has 2 aromatic heterocycles. The van der Waals surface area contributed by atoms with Gasteiger partial charge in [0.25, 0.3) is 11.5 Å². The highest BCUT2D eigenvalue weighted by Gasteiger charge is 2.35. The van der Waals surface area contributed by atoms with Gasteiger partial charge < -0.3 is 29.5 Å². The van der Waals surface area contributed by atoms with E-state index in [1.807, 2.05) is 30.0 Å². The number of hydrogen-bond donors (Lipinski definition) is 2. The number of halogens is 3. The van der Waals surface area contributed by atoms with Gasteiger partial charge in [-0.2, -0.15) is 13.2 Å². The summed E-state index contributed by atoms with van der Waals surface area (Å²) in [5, 5.41) is 12.5. The standard InChI is InChI=1S/C28H30F3N5O4/c1-3-34-14-19(10-23(27(34)39)28(29,30)31)26(38)32-20-5-4-17(2)22(13-20)18-11-24(35-6-8-40-9-7-35)33-25(12-18)36-15-21(37)16-36/h4-5,10-14,21,37H,3,6-9,15-16H2,1-2H3,(H,32,38). The zero-order valence-electron chi connectivity index (χ0n) is 22.2. The third-order valence-corrected chi connectivity index (χ3v) is 7.12. The van der Waals surface area contributed by atoms with Crippen molar-refractivity contribution in [3.05, 3.63) is 69.6 Å². The molecule has 12 heteroatoms. The summed E-state index contributed by atoms with van der Waals surface area (Å²) in [4.78, 5) is 34.1. The molecule has 212 valence electrons. The van der Waals surface area contributed by atoms with E-state index in [1.165, 1.54) is 6.92 Å². The van der Waals surface area contributed by atoms with Crippen molar-refractivity contribution in [3.63, 3.8) is 0 Å². The number of anilines is 3. The quantitative estimate of drug-likeness (QED) is 0.479. The Labute approximate surface area is 228 Å². The lowest BCUT2D eigenvalue weighted by molar-refractivity contribution is -0.139. The number of benzene rings is 1. The minimum absolute atomic E-state index is 0.0123. The molecule has 1 aromatic carbocycles. The van der Waals surface area contributed by atoms with E-state index in [-0.39, 0.29) is 12.1 Å². The molecule has 0 bridgehead atoms. The molecule has 5 rings (SSSR count). The van der Waals surface area contributed by atoms with Crippen molar-refractivity contribution in [1.29, 1.82) is 0 Å². The van der Waals surface area contributed by atoms with E-state index in [4.69, 9.17) is 9.72 Å². The van der Waals surface area contributed by atoms with Crippen molar-refractivity contribution in [3.8, 4) is 11.1 Å². The molecule has 3 aromatic rings. The minimum Gasteiger partial charge on any atom is -0.389 e. The van der Waals surface area contributed by atoms with Crippen molar-refractivity contribution < 1.29 is 27.8 Å². The lowest BCUT2D eigenvalue weighted by atomic mass is 9.99. The van der Waals surface area contributed by atoms with E-state index in [9.17, 15) is 27.9 Å². The maximum absolute atomic E-state index is 13.5. The second-order valence-electron chi connectivity index (χ2n) is 9.95. The van der Waals surface area contributed by atoms with E-state index in [0.717, 1.165) is 39.1 Å². The van der Waals surface area contributed by atoms with Crippen LogP contribution >= 0.6 is 0 Å². The lowest BCUT2D eigenvalue weighted by Crippen LogP contribution is -2.51. The average Bonchev–Trinajstić information content (AvgIpc) is 2.92. The van der Waals surface area contributed by atoms with Crippen LogP contribution in [-0.2, 0) is 17.5 Å². The number of aryl methyl sites for hydroxylation is 2. The first-order valence-corrected chi connectivity index (χ1v) is 13.1. The smallest absolute Gasteiger partial charge is 0.389 e. The zero-order chi connectivity index (χ0) is 28.6. The number of aliphatic hydroxyl groups is 1. The third kappa shape index (κ3) is 5.68. The molecule has 0 atom stereocenters. The normalized spacial score (nSPS) is 16.1. The number of amides is 1. The molecule has 2 fully saturated rings. The van der Waals surface area contributed by atoms with Gasteiger partial charge in [0, 0.05) is 44.6 Å². The van der Waals surface area contributed by atoms with Crippen LogP contribution in [0.1, 0.15) is 28.4 Å². The van der Waals surface area contributed by atoms with Crippen LogP contribution in [0.2, 0.25) is 0 Å². The Kier molecular flexibility index (Phi) is 7.56. The fourth-order valence-corrected chi connectivity index (χ4v) is 4.83. The van der Waals surface area contributed by atoms with Gasteiger partial charge in [-0.1, -0.05) is 6.07 Å². The Hall–Kier alpha value is -3.90. The summed E-state index contributed by atoms with van der Waals surface area (Å²) in [6, 6.07) is 9.74. The van der Waals surface area contributed by atoms with Crippen LogP contribution in [0.15, 0.2) is 47.4 Å². The van der Waals surface area contributed by atoms with E-state index >= 15 is 0 Å². The summed E-state index contributed by atoms with van der Waals surface area (Å²) >= 11 is 0. The van der Waals surface area contributed by atoms with Crippen LogP contribution in [-0.4, -0.2) is 66.1 Å². The first-order valence-electron chi connectivity index (χ1n) is 13.1. The first kappa shape index (κ1) is 27.7. The van der Waals surface area contributed by atoms with Crippen LogP contribution in [0, 0.1) is 6.92 Å². The molecule has 1 amide bonds. The Bertz CT molecular complexity index is 1480. The molecule has 0 unspecified atom stereocenters. The number of ether oxygens (including phenoxy) is 1. The van der Waals surface area contributed by atoms with Crippen LogP contribution in [0.5, 0.6) is 0 Å². The number of carbonyl (C=O) groups is 1. The Morgan fingerprint density at radius 2 is 1.77 bits per heavy atom. The maximum Gasteiger partial charge on any atom is 0.421 e. The summed E-state index contributed by atoms with van der Waals surface area (Å²) in [5.41, 5.74) is 0.121. The van der Waals surface area contributed by atoms with Gasteiger partial charge in [-0.25, -0.2) is 4.98 Å². The summed E-state index contributed by atoms with van der Waals surface area (Å²) in [5.74, 6) is 0.730. The molecule has 9 nitrogen and oxygen atoms in total. The summed E-state index contributed by atoms with van der Waals surface area (Å²) in [6.07, 6.45) is -4.16. The van der Waals surface area contributed by atoms with Gasteiger partial charge in [0.05, 0.1) is 24.9 Å². The molecule has 0 aliphatic carbocycles. The first-order chi connectivity index (χ1) is 19.0. The molecule has 2 saturated heterocycles. The Balaban J connectivity index is 1.48. The number of aliphatic hydroxyl groups excluding tert-OH is 1. The van der Waals surface area contributed by atoms with Gasteiger partial charge in [0.1, 0.15) is 17.2 Å². The number of nitrogens with zero attached hydrogens (tertiary/aromatic N) is 4. The topological polar surface area (TPSA) is 99.9 Å². The highest BCUT2D eigenvalue weighted by molar-refractivity contribution is 6.04. The van der Waals surface area contributed by atoms with Crippen molar-refractivity contribution in [2.45, 2.75) is 32.7 Å². The van der Waals surface area contributed by atoms with Gasteiger partial charge in [-0.15, -0.1) is 0 Å². The second-order valence-corrected chi connectivity index (χ2v) is 9.95. The molecule has 0 radical (unpaired) electrons. The van der Waals surface area contributed by atoms with Crippen molar-refractivity contribution >= 4 is 23.2 Å². The van der Waals surface area contributed by atoms with E-state index < -0.39 is 29.3 Å². The predicted molar refractivity (Wildman–Crippen MR) is 145 cm³/mol. The highest BCUT2D eigenvalue weighted by atomic mass is 19.4. The third-order valence-electron chi connectivity index (χ3n) is 7.12. The van der Waals surface area contributed by atoms with Crippen molar-refractivity contribution in [2.24, 2.45) is 0 Å². The van der Waals surface area contributed by atoms with Crippen LogP contribution in [0.3, 0.4) is 0 Å². The number of morpholine rings is 1. The van der Waals surface area contributed by atoms with Crippen LogP contribution in [0.25, 0.3) is 11.1 Å². The summed E-state index contributed by atoms with van der Waals surface area (Å²) < 4.78 is 46.7. The molecule has 2 N–H and O–H groups in total. The molecular weight excluding hydrogens is 527 g/mol. The monoisotopic (exact) mass is 557 g/mol. The van der Waals surface area contributed by atoms with Gasteiger partial charge in [0.15, 0.2) is 0 Å². The molecule has 0 spiro atoms. The number of carbonyl (C=O) groups excluding carboxylic acids is 1. The summed E-state index contributed by atoms with van der Waals surface area (Å²) in [7, 11) is 0. The fourth-order valence-electron chi connectivity index (χ4n) is 4.83. The number of β-amino-alcohol motifs (C(OH)–C–C–N with tert-alkyl or cyclic N) is 1. The van der Waals surface area contributed by atoms with E-state index in [2.05, 4.69) is 10.2 Å². The van der Waals surface area contributed by atoms with Crippen LogP contribution in [0.4, 0.5) is 30.5 Å². The van der Waals surface area contributed by atoms with Crippen LogP contribution < -0.4 is 20.7 Å². The second kappa shape index (κ2) is 10.9. The number of pyridine rings is 2. The van der Waals surface area contributed by atoms with Gasteiger partial charge in [0.2, 0.25) is 0 Å². The lowest BCUT2D eigenvalue weighted by Gasteiger charge is -2.38. The Morgan fingerprint density at radius 1 is 1.10 bits per heavy atom. The van der Waals surface area contributed by atoms with E-state index in [1.54, 1.807) is 12.1 Å². The van der Waals surface area contributed by atoms with Gasteiger partial charge in [-0.05, 0) is 60.9 Å². The van der Waals surface area contributed by atoms with Crippen molar-refractivity contribution in [1.82, 2.24) is 9.55 Å². The number of rotatable bonds is 6. The fraction of sp³-hybridized carbons (Fsp3) is 0.393. The zero-order valence-corrected chi connectivity index (χ0v) is 22.2. The predicted octanol–water partition coefficient (Wildman–Crippen LogP) is 3.53. The summed E-state index contributed by atoms with van der Waals surface area (Å²) in [6.45, 7) is 6.96. The SMILES string of the molecule is CCn1cc(C(=O)Nc2ccc(C)c(-c3cc(N4CCOCC4)nc(N4CC(O)C4)c3)c2)cc(C(F)(F)F)c1=O. The largest absolute Gasteiger partial charge is 0.421 e. The molecule has 40 heavy (non-hydrogen) atoms. The molecule has 2 aliphatic heterocycles. The number of aromatic nitrogens is 2. The molecular formula is C28H30F3N5O4. The molecule has 2 aliphatic rings. The number of nitrogens with one attached hydrogen (secondary N) is 1. The molecule has 4 heterocycles. The van der Waals surface area contributed by atoms with Gasteiger partial charge >= 0.3 is 6.18 Å². The van der Waals surface area contributed by atoms with Gasteiger partial charge in [-0.3, -0.25) is 9.59 Å². The van der Waals surface area contributed by atoms with E-state index in [0.29, 0.717) is 51.1 Å². The number of hydrogen-bond acceptors (Lipinski definition) is 7. The number of alkyl halides is 3. The van der Waals surface area contributed by atoms with Crippen molar-refractivity contribution in [2.75, 3.05) is 54.5 Å². The highest BCUT2D eigenvalue weighted by Crippen LogP contribution is 2.34. The average molecular weight is 558 g/mol. The molecule has 0 saturated carbocycles. The maximum atomic E-state index is 13.5. The Morgan fingerprint density at radius 3 is 2.40 bits per heavy atom.